The van der Waals surface area contributed by atoms with Crippen molar-refractivity contribution < 1.29 is 14.3 Å². The zero-order chi connectivity index (χ0) is 9.94. The smallest absolute Gasteiger partial charge is 0.305 e. The van der Waals surface area contributed by atoms with Crippen LogP contribution in [0.1, 0.15) is 45.4 Å². The van der Waals surface area contributed by atoms with Crippen LogP contribution < -0.4 is 0 Å². The number of carbonyl (C=O) groups excluding carboxylic acids is 2. The average molecular weight is 186 g/mol. The normalized spacial score (nSPS) is 9.62. The van der Waals surface area contributed by atoms with Gasteiger partial charge in [-0.25, -0.2) is 0 Å². The van der Waals surface area contributed by atoms with Gasteiger partial charge in [0, 0.05) is 12.8 Å². The molecule has 3 nitrogen and oxygen atoms in total. The van der Waals surface area contributed by atoms with Crippen molar-refractivity contribution in [2.45, 2.75) is 45.4 Å². The molecule has 0 aromatic rings. The predicted octanol–water partition coefficient (Wildman–Crippen LogP) is 2.09. The van der Waals surface area contributed by atoms with Crippen molar-refractivity contribution in [3.8, 4) is 0 Å². The second-order valence-corrected chi connectivity index (χ2v) is 2.99. The predicted molar refractivity (Wildman–Crippen MR) is 50.4 cm³/mol. The van der Waals surface area contributed by atoms with Gasteiger partial charge in [0.1, 0.15) is 6.29 Å². The summed E-state index contributed by atoms with van der Waals surface area (Å²) in [5, 5.41) is 0. The van der Waals surface area contributed by atoms with Gasteiger partial charge in [-0.1, -0.05) is 13.3 Å². The molecule has 0 radical (unpaired) electrons. The Balaban J connectivity index is 3.15. The molecule has 0 rings (SSSR count). The Morgan fingerprint density at radius 3 is 2.69 bits per heavy atom. The van der Waals surface area contributed by atoms with E-state index in [0.29, 0.717) is 19.4 Å². The summed E-state index contributed by atoms with van der Waals surface area (Å²) in [6, 6.07) is 0. The Morgan fingerprint density at radius 1 is 1.31 bits per heavy atom. The highest BCUT2D eigenvalue weighted by Gasteiger charge is 2.00. The van der Waals surface area contributed by atoms with E-state index in [0.717, 1.165) is 32.0 Å². The van der Waals surface area contributed by atoms with Crippen molar-refractivity contribution in [2.75, 3.05) is 6.61 Å². The molecule has 0 aliphatic heterocycles. The van der Waals surface area contributed by atoms with Crippen molar-refractivity contribution in [3.05, 3.63) is 0 Å². The van der Waals surface area contributed by atoms with E-state index in [1.807, 2.05) is 0 Å². The Bertz CT molecular complexity index is 143. The molecule has 3 heteroatoms. The molecular formula is C10H18O3. The molecule has 0 heterocycles. The molecule has 0 aromatic heterocycles. The van der Waals surface area contributed by atoms with E-state index in [2.05, 4.69) is 6.92 Å². The van der Waals surface area contributed by atoms with E-state index in [9.17, 15) is 9.59 Å². The summed E-state index contributed by atoms with van der Waals surface area (Å²) in [7, 11) is 0. The molecule has 0 N–H and O–H groups in total. The molecule has 0 aliphatic rings. The Kier molecular flexibility index (Phi) is 8.62. The van der Waals surface area contributed by atoms with Crippen LogP contribution in [-0.2, 0) is 14.3 Å². The van der Waals surface area contributed by atoms with E-state index in [1.54, 1.807) is 0 Å². The van der Waals surface area contributed by atoms with Crippen LogP contribution in [0, 0.1) is 0 Å². The standard InChI is InChI=1S/C10H18O3/c1-2-3-9-13-10(12)7-5-4-6-8-11/h8H,2-7,9H2,1H3. The van der Waals surface area contributed by atoms with E-state index < -0.39 is 0 Å². The monoisotopic (exact) mass is 186 g/mol. The highest BCUT2D eigenvalue weighted by molar-refractivity contribution is 5.69. The number of esters is 1. The highest BCUT2D eigenvalue weighted by Crippen LogP contribution is 2.00. The number of unbranched alkanes of at least 4 members (excludes halogenated alkanes) is 3. The van der Waals surface area contributed by atoms with Crippen LogP contribution in [0.4, 0.5) is 0 Å². The number of ether oxygens (including phenoxy) is 1. The largest absolute Gasteiger partial charge is 0.466 e. The first-order valence-corrected chi connectivity index (χ1v) is 4.90. The van der Waals surface area contributed by atoms with Gasteiger partial charge in [0.05, 0.1) is 6.61 Å². The molecule has 0 saturated carbocycles. The van der Waals surface area contributed by atoms with Gasteiger partial charge >= 0.3 is 5.97 Å². The highest BCUT2D eigenvalue weighted by atomic mass is 16.5. The van der Waals surface area contributed by atoms with Gasteiger partial charge in [-0.3, -0.25) is 4.79 Å². The minimum absolute atomic E-state index is 0.139. The third kappa shape index (κ3) is 9.05. The van der Waals surface area contributed by atoms with Gasteiger partial charge < -0.3 is 9.53 Å². The molecule has 0 atom stereocenters. The minimum Gasteiger partial charge on any atom is -0.466 e. The molecule has 0 saturated heterocycles. The fourth-order valence-corrected chi connectivity index (χ4v) is 0.900. The van der Waals surface area contributed by atoms with Crippen molar-refractivity contribution in [1.29, 1.82) is 0 Å². The molecule has 0 bridgehead atoms. The zero-order valence-electron chi connectivity index (χ0n) is 8.25. The fourth-order valence-electron chi connectivity index (χ4n) is 0.900. The molecular weight excluding hydrogens is 168 g/mol. The van der Waals surface area contributed by atoms with Crippen LogP contribution in [0.3, 0.4) is 0 Å². The van der Waals surface area contributed by atoms with E-state index >= 15 is 0 Å². The number of hydrogen-bond acceptors (Lipinski definition) is 3. The molecule has 76 valence electrons. The first-order valence-electron chi connectivity index (χ1n) is 4.90. The van der Waals surface area contributed by atoms with Crippen molar-refractivity contribution >= 4 is 12.3 Å². The third-order valence-corrected chi connectivity index (χ3v) is 1.71. The summed E-state index contributed by atoms with van der Waals surface area (Å²) >= 11 is 0. The van der Waals surface area contributed by atoms with E-state index in [1.165, 1.54) is 0 Å². The van der Waals surface area contributed by atoms with Crippen LogP contribution >= 0.6 is 0 Å². The summed E-state index contributed by atoms with van der Waals surface area (Å²) in [5.41, 5.74) is 0. The lowest BCUT2D eigenvalue weighted by Gasteiger charge is -2.02. The minimum atomic E-state index is -0.139. The number of hydrogen-bond donors (Lipinski definition) is 0. The Labute approximate surface area is 79.5 Å². The zero-order valence-corrected chi connectivity index (χ0v) is 8.25. The van der Waals surface area contributed by atoms with E-state index in [-0.39, 0.29) is 5.97 Å². The Hall–Kier alpha value is -0.860. The fraction of sp³-hybridized carbons (Fsp3) is 0.800. The van der Waals surface area contributed by atoms with E-state index in [4.69, 9.17) is 4.74 Å². The summed E-state index contributed by atoms with van der Waals surface area (Å²) in [4.78, 5) is 20.9. The van der Waals surface area contributed by atoms with Crippen LogP contribution in [0.15, 0.2) is 0 Å². The van der Waals surface area contributed by atoms with Crippen molar-refractivity contribution in [3.63, 3.8) is 0 Å². The van der Waals surface area contributed by atoms with Crippen molar-refractivity contribution in [2.24, 2.45) is 0 Å². The number of rotatable bonds is 8. The molecule has 0 aromatic carbocycles. The first-order chi connectivity index (χ1) is 6.31. The second-order valence-electron chi connectivity index (χ2n) is 2.99. The molecule has 0 unspecified atom stereocenters. The van der Waals surface area contributed by atoms with Crippen LogP contribution in [0.25, 0.3) is 0 Å². The van der Waals surface area contributed by atoms with Gasteiger partial charge in [-0.05, 0) is 19.3 Å². The lowest BCUT2D eigenvalue weighted by molar-refractivity contribution is -0.143. The quantitative estimate of drug-likeness (QED) is 0.331. The van der Waals surface area contributed by atoms with Gasteiger partial charge in [0.25, 0.3) is 0 Å². The van der Waals surface area contributed by atoms with Gasteiger partial charge in [0.2, 0.25) is 0 Å². The molecule has 0 spiro atoms. The number of carbonyl (C=O) groups is 2. The van der Waals surface area contributed by atoms with Gasteiger partial charge in [0.15, 0.2) is 0 Å². The maximum absolute atomic E-state index is 11.0. The van der Waals surface area contributed by atoms with Gasteiger partial charge in [-0.15, -0.1) is 0 Å². The average Bonchev–Trinajstić information content (AvgIpc) is 2.13. The van der Waals surface area contributed by atoms with Crippen LogP contribution in [0.5, 0.6) is 0 Å². The lowest BCUT2D eigenvalue weighted by atomic mass is 10.2. The molecule has 13 heavy (non-hydrogen) atoms. The SMILES string of the molecule is CCCCOC(=O)CCCCC=O. The summed E-state index contributed by atoms with van der Waals surface area (Å²) < 4.78 is 4.94. The first kappa shape index (κ1) is 12.1. The summed E-state index contributed by atoms with van der Waals surface area (Å²) in [6.07, 6.45) is 5.37. The van der Waals surface area contributed by atoms with Crippen molar-refractivity contribution in [1.82, 2.24) is 0 Å². The molecule has 0 aliphatic carbocycles. The maximum atomic E-state index is 11.0. The molecule has 0 amide bonds. The summed E-state index contributed by atoms with van der Waals surface area (Å²) in [5.74, 6) is -0.139. The number of aldehydes is 1. The van der Waals surface area contributed by atoms with Gasteiger partial charge in [-0.2, -0.15) is 0 Å². The van der Waals surface area contributed by atoms with Crippen LogP contribution in [0.2, 0.25) is 0 Å². The molecule has 0 fully saturated rings. The van der Waals surface area contributed by atoms with Crippen LogP contribution in [-0.4, -0.2) is 18.9 Å². The Morgan fingerprint density at radius 2 is 2.08 bits per heavy atom. The maximum Gasteiger partial charge on any atom is 0.305 e. The topological polar surface area (TPSA) is 43.4 Å². The lowest BCUT2D eigenvalue weighted by Crippen LogP contribution is -2.05. The third-order valence-electron chi connectivity index (χ3n) is 1.71. The second kappa shape index (κ2) is 9.23. The summed E-state index contributed by atoms with van der Waals surface area (Å²) in [6.45, 7) is 2.58.